The molecular weight excluding hydrogens is 453 g/mol. The van der Waals surface area contributed by atoms with Crippen LogP contribution in [0.1, 0.15) is 83.1 Å². The van der Waals surface area contributed by atoms with Crippen LogP contribution in [0.4, 0.5) is 0 Å². The second-order valence-electron chi connectivity index (χ2n) is 9.36. The summed E-state index contributed by atoms with van der Waals surface area (Å²) in [6.45, 7) is 28.4. The zero-order valence-corrected chi connectivity index (χ0v) is 29.5. The third-order valence-electron chi connectivity index (χ3n) is 8.85. The Labute approximate surface area is 219 Å². The van der Waals surface area contributed by atoms with Crippen LogP contribution >= 0.6 is 0 Å². The van der Waals surface area contributed by atoms with Gasteiger partial charge < -0.3 is 9.30 Å². The van der Waals surface area contributed by atoms with E-state index in [-0.39, 0.29) is 23.1 Å². The van der Waals surface area contributed by atoms with Crippen molar-refractivity contribution in [3.63, 3.8) is 0 Å². The molecule has 0 saturated carbocycles. The molecule has 0 saturated heterocycles. The van der Waals surface area contributed by atoms with Crippen LogP contribution in [-0.4, -0.2) is 56.0 Å². The van der Waals surface area contributed by atoms with E-state index in [1.165, 1.54) is 72.5 Å². The smallest absolute Gasteiger partial charge is 0.666 e. The molecule has 0 aliphatic rings. The Hall–Kier alpha value is 1.55. The van der Waals surface area contributed by atoms with Gasteiger partial charge in [0.1, 0.15) is 0 Å². The molecule has 0 aliphatic carbocycles. The van der Waals surface area contributed by atoms with Crippen LogP contribution in [0.2, 0.25) is 72.5 Å². The maximum absolute atomic E-state index is 5.53. The fourth-order valence-corrected chi connectivity index (χ4v) is 26.6. The minimum absolute atomic E-state index is 0. The zero-order valence-electron chi connectivity index (χ0n) is 24.1. The average Bonchev–Trinajstić information content (AvgIpc) is 2.83. The van der Waals surface area contributed by atoms with Crippen LogP contribution in [0, 0.1) is 0 Å². The van der Waals surface area contributed by atoms with Gasteiger partial charge in [0.15, 0.2) is 0 Å². The van der Waals surface area contributed by atoms with Crippen LogP contribution in [0.25, 0.3) is 9.30 Å². The molecule has 2 nitrogen and oxygen atoms in total. The Bertz CT molecular complexity index is 301. The monoisotopic (exact) mass is 512 g/mol. The van der Waals surface area contributed by atoms with Crippen molar-refractivity contribution in [3.8, 4) is 0 Å². The second-order valence-corrected chi connectivity index (χ2v) is 29.4. The summed E-state index contributed by atoms with van der Waals surface area (Å²) >= 11 is 0. The number of rotatable bonds is 16. The molecule has 184 valence electrons. The van der Waals surface area contributed by atoms with Gasteiger partial charge in [-0.1, -0.05) is 189 Å². The van der Waals surface area contributed by atoms with Crippen molar-refractivity contribution in [2.45, 2.75) is 156 Å². The molecule has 0 N–H and O–H groups in total. The summed E-state index contributed by atoms with van der Waals surface area (Å²) in [6, 6.07) is 16.3. The molecule has 0 spiro atoms. The first kappa shape index (κ1) is 37.1. The third-order valence-corrected chi connectivity index (χ3v) is 32.2. The van der Waals surface area contributed by atoms with Crippen molar-refractivity contribution in [1.29, 1.82) is 0 Å². The van der Waals surface area contributed by atoms with Gasteiger partial charge in [0, 0.05) is 0 Å². The second kappa shape index (κ2) is 18.8. The van der Waals surface area contributed by atoms with Gasteiger partial charge in [0.05, 0.1) is 0 Å². The quantitative estimate of drug-likeness (QED) is 0.184. The summed E-state index contributed by atoms with van der Waals surface area (Å²) in [5.74, 6) is 0. The molecule has 0 aliphatic heterocycles. The molecular formula is C24H60MgN2Si4. The number of hydrogen-bond acceptors (Lipinski definition) is 0. The minimum Gasteiger partial charge on any atom is -0.666 e. The predicted octanol–water partition coefficient (Wildman–Crippen LogP) is 10.4. The molecule has 0 rings (SSSR count). The number of nitrogens with zero attached hydrogens (tertiary/aromatic N) is 2. The van der Waals surface area contributed by atoms with Crippen molar-refractivity contribution >= 4 is 56.0 Å². The Morgan fingerprint density at radius 3 is 0.452 bits per heavy atom. The van der Waals surface area contributed by atoms with Crippen LogP contribution in [0.3, 0.4) is 0 Å². The minimum atomic E-state index is -1.23. The summed E-state index contributed by atoms with van der Waals surface area (Å²) in [5.41, 5.74) is 0. The molecule has 0 aromatic rings. The van der Waals surface area contributed by atoms with E-state index in [0.29, 0.717) is 0 Å². The Balaban J connectivity index is -0.000000490. The molecule has 0 aromatic heterocycles. The first-order valence-corrected chi connectivity index (χ1v) is 23.9. The first-order chi connectivity index (χ1) is 14.1. The van der Waals surface area contributed by atoms with Crippen molar-refractivity contribution in [2.75, 3.05) is 0 Å². The molecule has 0 radical (unpaired) electrons. The van der Waals surface area contributed by atoms with E-state index in [2.05, 4.69) is 83.1 Å². The molecule has 0 bridgehead atoms. The SMILES string of the molecule is CC[Si](CC)(CC)[N-][Si](CC)(CC)CC.CC[Si](CC)(CC)[N-][Si](CC)(CC)CC.[Mg+2]. The van der Waals surface area contributed by atoms with Gasteiger partial charge in [-0.25, -0.2) is 0 Å². The molecule has 0 amide bonds. The fourth-order valence-electron chi connectivity index (χ4n) is 4.95. The molecule has 7 heteroatoms. The number of hydrogen-bond donors (Lipinski definition) is 0. The van der Waals surface area contributed by atoms with Crippen molar-refractivity contribution in [3.05, 3.63) is 9.30 Å². The maximum Gasteiger partial charge on any atom is 2.00 e. The van der Waals surface area contributed by atoms with Gasteiger partial charge in [-0.3, -0.25) is 0 Å². The van der Waals surface area contributed by atoms with Crippen LogP contribution in [0.15, 0.2) is 0 Å². The molecule has 0 heterocycles. The van der Waals surface area contributed by atoms with Gasteiger partial charge in [-0.05, 0) is 0 Å². The third kappa shape index (κ3) is 11.2. The van der Waals surface area contributed by atoms with Crippen LogP contribution in [-0.2, 0) is 0 Å². The van der Waals surface area contributed by atoms with Gasteiger partial charge in [0.25, 0.3) is 0 Å². The Kier molecular flexibility index (Phi) is 22.5. The van der Waals surface area contributed by atoms with Crippen molar-refractivity contribution in [1.82, 2.24) is 0 Å². The molecule has 0 fully saturated rings. The van der Waals surface area contributed by atoms with Gasteiger partial charge in [0.2, 0.25) is 0 Å². The molecule has 0 aromatic carbocycles. The van der Waals surface area contributed by atoms with E-state index in [4.69, 9.17) is 9.30 Å². The van der Waals surface area contributed by atoms with Crippen molar-refractivity contribution < 1.29 is 0 Å². The van der Waals surface area contributed by atoms with Crippen LogP contribution in [0.5, 0.6) is 0 Å². The predicted molar refractivity (Wildman–Crippen MR) is 161 cm³/mol. The molecule has 31 heavy (non-hydrogen) atoms. The topological polar surface area (TPSA) is 28.2 Å². The zero-order chi connectivity index (χ0) is 23.9. The summed E-state index contributed by atoms with van der Waals surface area (Å²) < 4.78 is 11.1. The van der Waals surface area contributed by atoms with Crippen LogP contribution < -0.4 is 0 Å². The van der Waals surface area contributed by atoms with Gasteiger partial charge in [-0.15, -0.1) is 0 Å². The maximum atomic E-state index is 5.53. The van der Waals surface area contributed by atoms with E-state index in [9.17, 15) is 0 Å². The summed E-state index contributed by atoms with van der Waals surface area (Å²) in [7, 11) is -4.92. The fraction of sp³-hybridized carbons (Fsp3) is 1.00. The first-order valence-electron chi connectivity index (χ1n) is 13.6. The van der Waals surface area contributed by atoms with E-state index in [1.54, 1.807) is 0 Å². The Morgan fingerprint density at radius 2 is 0.387 bits per heavy atom. The largest absolute Gasteiger partial charge is 2.00 e. The molecule has 0 atom stereocenters. The van der Waals surface area contributed by atoms with Crippen molar-refractivity contribution in [2.24, 2.45) is 0 Å². The Morgan fingerprint density at radius 1 is 0.290 bits per heavy atom. The van der Waals surface area contributed by atoms with Gasteiger partial charge >= 0.3 is 23.1 Å². The van der Waals surface area contributed by atoms with E-state index in [0.717, 1.165) is 0 Å². The normalized spacial score (nSPS) is 12.8. The summed E-state index contributed by atoms with van der Waals surface area (Å²) in [5, 5.41) is 0. The van der Waals surface area contributed by atoms with Gasteiger partial charge in [-0.2, -0.15) is 0 Å². The van der Waals surface area contributed by atoms with E-state index in [1.807, 2.05) is 0 Å². The standard InChI is InChI=1S/2C12H30NSi2.Mg/c2*1-7-14(8-2,9-3)13-15(10-4,11-5)12-6;/h2*7-12H2,1-6H3;/q2*-1;+2. The molecule has 0 unspecified atom stereocenters. The average molecular weight is 513 g/mol. The van der Waals surface area contributed by atoms with E-state index < -0.39 is 32.9 Å². The summed E-state index contributed by atoms with van der Waals surface area (Å²) in [4.78, 5) is 0. The summed E-state index contributed by atoms with van der Waals surface area (Å²) in [6.07, 6.45) is 0. The van der Waals surface area contributed by atoms with E-state index >= 15 is 0 Å².